The van der Waals surface area contributed by atoms with Crippen molar-refractivity contribution in [3.05, 3.63) is 5.76 Å². The summed E-state index contributed by atoms with van der Waals surface area (Å²) in [6.07, 6.45) is 6.33. The molecule has 0 aromatic carbocycles. The minimum Gasteiger partial charge on any atom is -0.472 e. The molecule has 178 valence electrons. The minimum absolute atomic E-state index is 0.0865. The zero-order valence-electron chi connectivity index (χ0n) is 19.5. The molecule has 4 aliphatic carbocycles. The van der Waals surface area contributed by atoms with E-state index in [2.05, 4.69) is 15.8 Å². The van der Waals surface area contributed by atoms with Crippen LogP contribution in [-0.2, 0) is 4.79 Å². The van der Waals surface area contributed by atoms with Gasteiger partial charge in [-0.3, -0.25) is 9.59 Å². The Morgan fingerprint density at radius 3 is 2.38 bits per heavy atom. The summed E-state index contributed by atoms with van der Waals surface area (Å²) in [6.45, 7) is 7.87. The van der Waals surface area contributed by atoms with E-state index in [1.807, 2.05) is 27.7 Å². The zero-order valence-corrected chi connectivity index (χ0v) is 20.3. The van der Waals surface area contributed by atoms with Crippen molar-refractivity contribution >= 4 is 23.6 Å². The van der Waals surface area contributed by atoms with Crippen molar-refractivity contribution in [2.45, 2.75) is 81.5 Å². The molecule has 2 amide bonds. The summed E-state index contributed by atoms with van der Waals surface area (Å²) in [4.78, 5) is 25.5. The second kappa shape index (κ2) is 9.25. The third kappa shape index (κ3) is 5.09. The van der Waals surface area contributed by atoms with Crippen LogP contribution in [0.3, 0.4) is 0 Å². The van der Waals surface area contributed by atoms with E-state index in [-0.39, 0.29) is 47.9 Å². The first-order valence-electron chi connectivity index (χ1n) is 11.8. The van der Waals surface area contributed by atoms with E-state index in [0.717, 1.165) is 11.8 Å². The number of nitrogens with two attached hydrogens (primary N) is 1. The van der Waals surface area contributed by atoms with Gasteiger partial charge < -0.3 is 25.6 Å². The van der Waals surface area contributed by atoms with Crippen LogP contribution in [0.1, 0.15) is 70.4 Å². The highest BCUT2D eigenvalue weighted by Gasteiger charge is 2.49. The van der Waals surface area contributed by atoms with Crippen molar-refractivity contribution in [2.75, 3.05) is 13.2 Å². The molecular formula is C23H36N4O4S. The van der Waals surface area contributed by atoms with E-state index in [9.17, 15) is 9.59 Å². The normalized spacial score (nSPS) is 28.8. The molecule has 4 fully saturated rings. The number of carbonyl (C=O) groups is 2. The molecule has 0 radical (unpaired) electrons. The molecule has 1 heterocycles. The molecule has 8 nitrogen and oxygen atoms in total. The van der Waals surface area contributed by atoms with Crippen LogP contribution in [0.5, 0.6) is 5.88 Å². The van der Waals surface area contributed by atoms with E-state index in [4.69, 9.17) is 15.0 Å². The van der Waals surface area contributed by atoms with Crippen molar-refractivity contribution in [1.29, 1.82) is 0 Å². The van der Waals surface area contributed by atoms with Gasteiger partial charge >= 0.3 is 0 Å². The Morgan fingerprint density at radius 1 is 1.19 bits per heavy atom. The first kappa shape index (κ1) is 23.4. The maximum atomic E-state index is 13.3. The molecule has 0 aliphatic heterocycles. The number of ether oxygens (including phenoxy) is 1. The minimum atomic E-state index is -0.641. The van der Waals surface area contributed by atoms with E-state index in [1.165, 1.54) is 43.9 Å². The second-order valence-electron chi connectivity index (χ2n) is 10.7. The number of thioether (sulfide) groups is 1. The topological polar surface area (TPSA) is 119 Å². The predicted molar refractivity (Wildman–Crippen MR) is 123 cm³/mol. The molecule has 1 aromatic rings. The summed E-state index contributed by atoms with van der Waals surface area (Å²) < 4.78 is 11.4. The molecule has 1 aromatic heterocycles. The Kier molecular flexibility index (Phi) is 6.77. The number of rotatable bonds is 9. The summed E-state index contributed by atoms with van der Waals surface area (Å²) >= 11 is 1.50. The highest BCUT2D eigenvalue weighted by Crippen LogP contribution is 2.53. The molecule has 4 N–H and O–H groups in total. The number of aromatic nitrogens is 1. The van der Waals surface area contributed by atoms with E-state index < -0.39 is 5.54 Å². The number of hydrogen-bond acceptors (Lipinski definition) is 7. The van der Waals surface area contributed by atoms with Crippen molar-refractivity contribution in [1.82, 2.24) is 15.8 Å². The van der Waals surface area contributed by atoms with Gasteiger partial charge in [0.05, 0.1) is 12.1 Å². The Labute approximate surface area is 194 Å². The third-order valence-electron chi connectivity index (χ3n) is 6.94. The van der Waals surface area contributed by atoms with Crippen LogP contribution in [-0.4, -0.2) is 47.0 Å². The molecule has 9 heteroatoms. The van der Waals surface area contributed by atoms with Crippen LogP contribution in [0.25, 0.3) is 0 Å². The zero-order chi connectivity index (χ0) is 23.0. The van der Waals surface area contributed by atoms with Crippen molar-refractivity contribution in [3.8, 4) is 5.88 Å². The van der Waals surface area contributed by atoms with Gasteiger partial charge in [0.25, 0.3) is 11.8 Å². The molecule has 0 atom stereocenters. The van der Waals surface area contributed by atoms with E-state index in [0.29, 0.717) is 16.7 Å². The monoisotopic (exact) mass is 464 g/mol. The number of carbonyl (C=O) groups excluding carboxylic acids is 2. The molecular weight excluding hydrogens is 428 g/mol. The Morgan fingerprint density at radius 2 is 1.81 bits per heavy atom. The summed E-state index contributed by atoms with van der Waals surface area (Å²) in [5, 5.41) is 10.4. The fourth-order valence-corrected chi connectivity index (χ4v) is 6.84. The maximum absolute atomic E-state index is 13.3. The quantitative estimate of drug-likeness (QED) is 0.481. The molecule has 0 unspecified atom stereocenters. The largest absolute Gasteiger partial charge is 0.472 e. The number of amides is 2. The lowest BCUT2D eigenvalue weighted by atomic mass is 9.54. The first-order valence-corrected chi connectivity index (χ1v) is 12.6. The van der Waals surface area contributed by atoms with Gasteiger partial charge in [0.1, 0.15) is 11.5 Å². The van der Waals surface area contributed by atoms with Crippen molar-refractivity contribution in [2.24, 2.45) is 29.4 Å². The molecule has 4 saturated carbocycles. The number of nitrogens with zero attached hydrogens (tertiary/aromatic N) is 1. The molecule has 32 heavy (non-hydrogen) atoms. The Balaban J connectivity index is 1.46. The molecule has 4 bridgehead atoms. The van der Waals surface area contributed by atoms with E-state index >= 15 is 0 Å². The van der Waals surface area contributed by atoms with Crippen LogP contribution in [0.4, 0.5) is 0 Å². The number of nitrogens with one attached hydrogen (secondary N) is 2. The SMILES string of the molecule is CC(C)Sc1c(OCC(C)(C)NC(=O)CN)noc1C(=O)NC1C2CC3CC(C2)CC1C3. The van der Waals surface area contributed by atoms with Crippen LogP contribution in [0, 0.1) is 23.7 Å². The van der Waals surface area contributed by atoms with Gasteiger partial charge in [0.2, 0.25) is 11.7 Å². The van der Waals surface area contributed by atoms with E-state index in [1.54, 1.807) is 0 Å². The predicted octanol–water partition coefficient (Wildman–Crippen LogP) is 2.96. The molecule has 0 spiro atoms. The summed E-state index contributed by atoms with van der Waals surface area (Å²) in [7, 11) is 0. The standard InChI is InChI=1S/C23H36N4O4S/c1-12(2)32-20-19(31-27-22(20)30-11-23(3,4)26-17(28)10-24)21(29)25-18-15-6-13-5-14(8-15)9-16(18)7-13/h12-16,18H,5-11,24H2,1-4H3,(H,25,29)(H,26,28). The van der Waals surface area contributed by atoms with Crippen LogP contribution < -0.4 is 21.1 Å². The average Bonchev–Trinajstić information content (AvgIpc) is 3.10. The highest BCUT2D eigenvalue weighted by molar-refractivity contribution is 8.00. The van der Waals surface area contributed by atoms with Crippen molar-refractivity contribution < 1.29 is 18.8 Å². The Hall–Kier alpha value is -1.74. The lowest BCUT2D eigenvalue weighted by Gasteiger charge is -2.54. The summed E-state index contributed by atoms with van der Waals surface area (Å²) in [5.74, 6) is 2.92. The van der Waals surface area contributed by atoms with Gasteiger partial charge in [-0.15, -0.1) is 11.8 Å². The molecule has 0 saturated heterocycles. The molecule has 5 rings (SSSR count). The fourth-order valence-electron chi connectivity index (χ4n) is 5.93. The lowest BCUT2D eigenvalue weighted by Crippen LogP contribution is -2.55. The van der Waals surface area contributed by atoms with Crippen LogP contribution in [0.15, 0.2) is 9.42 Å². The fraction of sp³-hybridized carbons (Fsp3) is 0.783. The third-order valence-corrected chi connectivity index (χ3v) is 8.00. The smallest absolute Gasteiger partial charge is 0.291 e. The first-order chi connectivity index (χ1) is 15.1. The lowest BCUT2D eigenvalue weighted by molar-refractivity contribution is -0.121. The number of hydrogen-bond donors (Lipinski definition) is 3. The van der Waals surface area contributed by atoms with Gasteiger partial charge in [-0.05, 0) is 74.8 Å². The van der Waals surface area contributed by atoms with Gasteiger partial charge in [-0.1, -0.05) is 13.8 Å². The van der Waals surface area contributed by atoms with Gasteiger partial charge in [0.15, 0.2) is 0 Å². The Bertz CT molecular complexity index is 825. The second-order valence-corrected chi connectivity index (χ2v) is 12.3. The van der Waals surface area contributed by atoms with Crippen LogP contribution in [0.2, 0.25) is 0 Å². The highest BCUT2D eigenvalue weighted by atomic mass is 32.2. The maximum Gasteiger partial charge on any atom is 0.291 e. The van der Waals surface area contributed by atoms with Crippen molar-refractivity contribution in [3.63, 3.8) is 0 Å². The summed E-state index contributed by atoms with van der Waals surface area (Å²) in [5.41, 5.74) is 4.75. The molecule has 4 aliphatic rings. The van der Waals surface area contributed by atoms with Gasteiger partial charge in [0, 0.05) is 11.3 Å². The average molecular weight is 465 g/mol. The van der Waals surface area contributed by atoms with Gasteiger partial charge in [-0.25, -0.2) is 0 Å². The van der Waals surface area contributed by atoms with Crippen LogP contribution >= 0.6 is 11.8 Å². The van der Waals surface area contributed by atoms with Gasteiger partial charge in [-0.2, -0.15) is 0 Å². The summed E-state index contributed by atoms with van der Waals surface area (Å²) in [6, 6.07) is 0.229.